The lowest BCUT2D eigenvalue weighted by Crippen LogP contribution is -2.39. The number of nitrogens with one attached hydrogen (secondary N) is 1. The van der Waals surface area contributed by atoms with Crippen LogP contribution in [0.25, 0.3) is 10.8 Å². The largest absolute Gasteiger partial charge is 0.462 e. The molecule has 1 aliphatic heterocycles. The van der Waals surface area contributed by atoms with E-state index in [9.17, 15) is 4.79 Å². The number of amides is 1. The van der Waals surface area contributed by atoms with Gasteiger partial charge in [0.05, 0.1) is 6.26 Å². The smallest absolute Gasteiger partial charge is 0.273 e. The highest BCUT2D eigenvalue weighted by Crippen LogP contribution is 2.29. The van der Waals surface area contributed by atoms with Gasteiger partial charge in [-0.1, -0.05) is 0 Å². The third-order valence-electron chi connectivity index (χ3n) is 4.44. The molecule has 2 aromatic heterocycles. The van der Waals surface area contributed by atoms with Crippen molar-refractivity contribution in [2.45, 2.75) is 26.2 Å². The molecular formula is C17H25Cl2N3O2S. The van der Waals surface area contributed by atoms with E-state index >= 15 is 0 Å². The molecular weight excluding hydrogens is 381 g/mol. The van der Waals surface area contributed by atoms with Crippen LogP contribution in [0.2, 0.25) is 0 Å². The number of hydrogen-bond acceptors (Lipinski definition) is 5. The number of piperidine rings is 1. The van der Waals surface area contributed by atoms with E-state index < -0.39 is 0 Å². The van der Waals surface area contributed by atoms with Gasteiger partial charge in [-0.3, -0.25) is 4.79 Å². The van der Waals surface area contributed by atoms with Gasteiger partial charge in [0.2, 0.25) is 0 Å². The second-order valence-electron chi connectivity index (χ2n) is 6.03. The molecule has 0 aromatic carbocycles. The number of furan rings is 1. The average Bonchev–Trinajstić information content (AvgIpc) is 3.22. The summed E-state index contributed by atoms with van der Waals surface area (Å²) in [4.78, 5) is 20.2. The molecule has 1 saturated heterocycles. The lowest BCUT2D eigenvalue weighted by atomic mass is 9.93. The quantitative estimate of drug-likeness (QED) is 0.815. The average molecular weight is 406 g/mol. The number of likely N-dealkylation sites (tertiary alicyclic amines) is 1. The highest BCUT2D eigenvalue weighted by Gasteiger charge is 2.26. The van der Waals surface area contributed by atoms with E-state index in [1.54, 1.807) is 6.26 Å². The van der Waals surface area contributed by atoms with E-state index in [2.05, 4.69) is 10.3 Å². The third-order valence-corrected chi connectivity index (χ3v) is 5.42. The molecule has 2 aromatic rings. The Kier molecular flexibility index (Phi) is 8.93. The molecule has 0 spiro atoms. The second-order valence-corrected chi connectivity index (χ2v) is 7.23. The van der Waals surface area contributed by atoms with Gasteiger partial charge >= 0.3 is 0 Å². The van der Waals surface area contributed by atoms with Crippen LogP contribution in [0, 0.1) is 12.8 Å². The van der Waals surface area contributed by atoms with E-state index in [4.69, 9.17) is 4.42 Å². The first-order valence-corrected chi connectivity index (χ1v) is 8.96. The molecule has 0 radical (unpaired) electrons. The minimum absolute atomic E-state index is 0. The van der Waals surface area contributed by atoms with Crippen molar-refractivity contribution < 1.29 is 9.21 Å². The van der Waals surface area contributed by atoms with Crippen molar-refractivity contribution in [3.63, 3.8) is 0 Å². The fourth-order valence-electron chi connectivity index (χ4n) is 3.02. The second kappa shape index (κ2) is 10.2. The van der Waals surface area contributed by atoms with Crippen LogP contribution >= 0.6 is 36.2 Å². The predicted molar refractivity (Wildman–Crippen MR) is 106 cm³/mol. The summed E-state index contributed by atoms with van der Waals surface area (Å²) in [7, 11) is 1.99. The van der Waals surface area contributed by atoms with Crippen LogP contribution in [0.4, 0.5) is 0 Å². The number of thiazole rings is 1. The predicted octanol–water partition coefficient (Wildman–Crippen LogP) is 4.02. The molecule has 5 nitrogen and oxygen atoms in total. The molecule has 0 saturated carbocycles. The zero-order valence-electron chi connectivity index (χ0n) is 14.5. The van der Waals surface area contributed by atoms with Gasteiger partial charge in [-0.25, -0.2) is 4.98 Å². The maximum Gasteiger partial charge on any atom is 0.273 e. The molecule has 0 atom stereocenters. The topological polar surface area (TPSA) is 58.4 Å². The minimum atomic E-state index is 0. The summed E-state index contributed by atoms with van der Waals surface area (Å²) in [5.74, 6) is 1.51. The lowest BCUT2D eigenvalue weighted by molar-refractivity contribution is 0.0681. The van der Waals surface area contributed by atoms with Crippen LogP contribution < -0.4 is 5.32 Å². The van der Waals surface area contributed by atoms with Crippen molar-refractivity contribution in [2.75, 3.05) is 26.7 Å². The van der Waals surface area contributed by atoms with Gasteiger partial charge in [-0.05, 0) is 57.8 Å². The molecule has 25 heavy (non-hydrogen) atoms. The molecule has 3 heterocycles. The van der Waals surface area contributed by atoms with Crippen molar-refractivity contribution in [3.05, 3.63) is 29.0 Å². The Bertz CT molecular complexity index is 653. The molecule has 3 rings (SSSR count). The van der Waals surface area contributed by atoms with E-state index in [-0.39, 0.29) is 30.7 Å². The first kappa shape index (κ1) is 22.0. The van der Waals surface area contributed by atoms with Crippen LogP contribution in [0.3, 0.4) is 0 Å². The van der Waals surface area contributed by atoms with Crippen molar-refractivity contribution in [1.29, 1.82) is 0 Å². The van der Waals surface area contributed by atoms with Gasteiger partial charge in [-0.15, -0.1) is 36.2 Å². The van der Waals surface area contributed by atoms with Gasteiger partial charge in [0, 0.05) is 18.0 Å². The monoisotopic (exact) mass is 405 g/mol. The number of aryl methyl sites for hydroxylation is 1. The normalized spacial score (nSPS) is 14.7. The molecule has 0 unspecified atom stereocenters. The Hall–Kier alpha value is -1.08. The summed E-state index contributed by atoms with van der Waals surface area (Å²) in [6.07, 6.45) is 4.99. The fraction of sp³-hybridized carbons (Fsp3) is 0.529. The zero-order valence-corrected chi connectivity index (χ0v) is 16.9. The lowest BCUT2D eigenvalue weighted by Gasteiger charge is -2.31. The third kappa shape index (κ3) is 5.20. The van der Waals surface area contributed by atoms with Crippen molar-refractivity contribution >= 4 is 42.1 Å². The molecule has 1 fully saturated rings. The van der Waals surface area contributed by atoms with Gasteiger partial charge in [-0.2, -0.15) is 0 Å². The van der Waals surface area contributed by atoms with Gasteiger partial charge in [0.15, 0.2) is 10.8 Å². The molecule has 0 aliphatic carbocycles. The van der Waals surface area contributed by atoms with Gasteiger partial charge in [0.1, 0.15) is 5.69 Å². The Morgan fingerprint density at radius 3 is 2.72 bits per heavy atom. The Morgan fingerprint density at radius 1 is 1.40 bits per heavy atom. The van der Waals surface area contributed by atoms with Crippen LogP contribution in [0.1, 0.15) is 34.6 Å². The van der Waals surface area contributed by atoms with Crippen LogP contribution in [0.5, 0.6) is 0 Å². The first-order chi connectivity index (χ1) is 11.2. The number of aromatic nitrogens is 1. The first-order valence-electron chi connectivity index (χ1n) is 8.14. The summed E-state index contributed by atoms with van der Waals surface area (Å²) in [5, 5.41) is 3.98. The van der Waals surface area contributed by atoms with Crippen molar-refractivity contribution in [3.8, 4) is 10.8 Å². The van der Waals surface area contributed by atoms with E-state index in [1.807, 2.05) is 31.0 Å². The van der Waals surface area contributed by atoms with Crippen LogP contribution in [0.15, 0.2) is 22.8 Å². The van der Waals surface area contributed by atoms with Crippen LogP contribution in [-0.2, 0) is 0 Å². The van der Waals surface area contributed by atoms with Gasteiger partial charge in [0.25, 0.3) is 5.91 Å². The fourth-order valence-corrected chi connectivity index (χ4v) is 3.90. The number of nitrogens with zero attached hydrogens (tertiary/aromatic N) is 2. The number of halogens is 2. The maximum absolute atomic E-state index is 12.8. The SMILES string of the molecule is CNCCC1CCN(C(=O)c2nc(-c3ccco3)sc2C)CC1.Cl.Cl. The highest BCUT2D eigenvalue weighted by atomic mass is 35.5. The number of rotatable bonds is 5. The molecule has 1 amide bonds. The van der Waals surface area contributed by atoms with E-state index in [1.165, 1.54) is 17.8 Å². The number of hydrogen-bond donors (Lipinski definition) is 1. The molecule has 8 heteroatoms. The summed E-state index contributed by atoms with van der Waals surface area (Å²) in [6, 6.07) is 3.71. The van der Waals surface area contributed by atoms with Crippen molar-refractivity contribution in [2.24, 2.45) is 5.92 Å². The minimum Gasteiger partial charge on any atom is -0.462 e. The highest BCUT2D eigenvalue weighted by molar-refractivity contribution is 7.15. The standard InChI is InChI=1S/C17H23N3O2S.2ClH/c1-12-15(19-16(23-12)14-4-3-11-22-14)17(21)20-9-6-13(7-10-20)5-8-18-2;;/h3-4,11,13,18H,5-10H2,1-2H3;2*1H. The molecule has 1 aliphatic rings. The Labute approximate surface area is 165 Å². The number of carbonyl (C=O) groups is 1. The van der Waals surface area contributed by atoms with Gasteiger partial charge < -0.3 is 14.6 Å². The molecule has 0 bridgehead atoms. The summed E-state index contributed by atoms with van der Waals surface area (Å²) in [5.41, 5.74) is 0.579. The molecule has 140 valence electrons. The zero-order chi connectivity index (χ0) is 16.2. The number of carbonyl (C=O) groups excluding carboxylic acids is 1. The van der Waals surface area contributed by atoms with E-state index in [0.717, 1.165) is 54.0 Å². The summed E-state index contributed by atoms with van der Waals surface area (Å²) in [6.45, 7) is 4.67. The van der Waals surface area contributed by atoms with Crippen molar-refractivity contribution in [1.82, 2.24) is 15.2 Å². The van der Waals surface area contributed by atoms with Crippen LogP contribution in [-0.4, -0.2) is 42.5 Å². The maximum atomic E-state index is 12.8. The Morgan fingerprint density at radius 2 is 2.12 bits per heavy atom. The van der Waals surface area contributed by atoms with E-state index in [0.29, 0.717) is 5.69 Å². The summed E-state index contributed by atoms with van der Waals surface area (Å²) >= 11 is 1.52. The Balaban J connectivity index is 0.00000156. The summed E-state index contributed by atoms with van der Waals surface area (Å²) < 4.78 is 5.38. The molecule has 1 N–H and O–H groups in total.